The summed E-state index contributed by atoms with van der Waals surface area (Å²) in [5.41, 5.74) is 0. The van der Waals surface area contributed by atoms with Gasteiger partial charge in [-0.2, -0.15) is 0 Å². The lowest BCUT2D eigenvalue weighted by atomic mass is 10.1. The van der Waals surface area contributed by atoms with E-state index in [9.17, 15) is 4.57 Å². The maximum absolute atomic E-state index is 10.5. The molecule has 0 aromatic carbocycles. The minimum Gasteiger partial charge on any atom is -0.502 e. The minimum absolute atomic E-state index is 0.0224. The van der Waals surface area contributed by atoms with E-state index in [-0.39, 0.29) is 12.1 Å². The van der Waals surface area contributed by atoms with Crippen LogP contribution in [-0.4, -0.2) is 22.6 Å². The van der Waals surface area contributed by atoms with E-state index in [1.807, 2.05) is 0 Å². The van der Waals surface area contributed by atoms with Crippen molar-refractivity contribution in [1.29, 1.82) is 0 Å². The molecule has 0 saturated heterocycles. The van der Waals surface area contributed by atoms with Crippen molar-refractivity contribution >= 4 is 7.60 Å². The predicted molar refractivity (Wildman–Crippen MR) is 46.8 cm³/mol. The Hall–Kier alpha value is -0.310. The first-order chi connectivity index (χ1) is 5.45. The smallest absolute Gasteiger partial charge is 0.325 e. The molecule has 1 unspecified atom stereocenters. The zero-order valence-corrected chi connectivity index (χ0v) is 8.04. The van der Waals surface area contributed by atoms with Crippen molar-refractivity contribution in [1.82, 2.24) is 0 Å². The fourth-order valence-electron chi connectivity index (χ4n) is 0.850. The van der Waals surface area contributed by atoms with E-state index in [0.717, 1.165) is 0 Å². The van der Waals surface area contributed by atoms with Gasteiger partial charge in [0.15, 0.2) is 0 Å². The summed E-state index contributed by atoms with van der Waals surface area (Å²) in [6, 6.07) is 0. The molecular weight excluding hydrogens is 179 g/mol. The van der Waals surface area contributed by atoms with Gasteiger partial charge in [0.2, 0.25) is 0 Å². The molecule has 0 bridgehead atoms. The topological polar surface area (TPSA) is 66.8 Å². The first-order valence-electron chi connectivity index (χ1n) is 3.73. The maximum Gasteiger partial charge on any atom is 0.325 e. The van der Waals surface area contributed by atoms with Crippen LogP contribution in [0.5, 0.6) is 0 Å². The van der Waals surface area contributed by atoms with Gasteiger partial charge in [-0.1, -0.05) is 13.5 Å². The highest BCUT2D eigenvalue weighted by molar-refractivity contribution is 7.51. The molecule has 12 heavy (non-hydrogen) atoms. The molecule has 0 spiro atoms. The average molecular weight is 194 g/mol. The van der Waals surface area contributed by atoms with Crippen LogP contribution in [-0.2, 0) is 9.30 Å². The highest BCUT2D eigenvalue weighted by Crippen LogP contribution is 2.37. The van der Waals surface area contributed by atoms with Crippen LogP contribution >= 0.6 is 7.60 Å². The van der Waals surface area contributed by atoms with E-state index in [0.29, 0.717) is 13.0 Å². The molecule has 0 aliphatic rings. The lowest BCUT2D eigenvalue weighted by Crippen LogP contribution is -2.05. The molecule has 0 aliphatic heterocycles. The molecular formula is C7H15O4P. The quantitative estimate of drug-likeness (QED) is 0.380. The standard InChI is InChI=1S/C7H15O4P/c1-3-11-5-4-7(2)6-12(8,9)10/h3,7H,1,4-6H2,2H3,(H2,8,9,10). The molecule has 0 heterocycles. The van der Waals surface area contributed by atoms with E-state index in [4.69, 9.17) is 14.5 Å². The van der Waals surface area contributed by atoms with E-state index in [1.165, 1.54) is 6.26 Å². The van der Waals surface area contributed by atoms with Crippen LogP contribution in [0, 0.1) is 5.92 Å². The van der Waals surface area contributed by atoms with Crippen molar-refractivity contribution in [3.8, 4) is 0 Å². The minimum atomic E-state index is -3.85. The van der Waals surface area contributed by atoms with Crippen molar-refractivity contribution in [3.63, 3.8) is 0 Å². The fourth-order valence-corrected chi connectivity index (χ4v) is 1.84. The SMILES string of the molecule is C=COCCC(C)CP(=O)(O)O. The Kier molecular flexibility index (Phi) is 5.22. The third-order valence-electron chi connectivity index (χ3n) is 1.40. The zero-order chi connectivity index (χ0) is 9.61. The molecule has 0 saturated carbocycles. The van der Waals surface area contributed by atoms with E-state index in [1.54, 1.807) is 6.92 Å². The fraction of sp³-hybridized carbons (Fsp3) is 0.714. The summed E-state index contributed by atoms with van der Waals surface area (Å²) in [7, 11) is -3.85. The van der Waals surface area contributed by atoms with Gasteiger partial charge in [-0.3, -0.25) is 4.57 Å². The molecule has 0 radical (unpaired) electrons. The number of hydrogen-bond acceptors (Lipinski definition) is 2. The first kappa shape index (κ1) is 11.7. The Morgan fingerprint density at radius 3 is 2.67 bits per heavy atom. The van der Waals surface area contributed by atoms with E-state index in [2.05, 4.69) is 6.58 Å². The van der Waals surface area contributed by atoms with Gasteiger partial charge in [-0.05, 0) is 12.3 Å². The number of hydrogen-bond donors (Lipinski definition) is 2. The van der Waals surface area contributed by atoms with Gasteiger partial charge < -0.3 is 14.5 Å². The highest BCUT2D eigenvalue weighted by atomic mass is 31.2. The summed E-state index contributed by atoms with van der Waals surface area (Å²) in [4.78, 5) is 17.2. The molecule has 0 aliphatic carbocycles. The summed E-state index contributed by atoms with van der Waals surface area (Å²) in [6.45, 7) is 5.60. The Labute approximate surface area is 72.4 Å². The van der Waals surface area contributed by atoms with Crippen LogP contribution in [0.3, 0.4) is 0 Å². The molecule has 1 atom stereocenters. The second-order valence-corrected chi connectivity index (χ2v) is 4.47. The van der Waals surface area contributed by atoms with Crippen LogP contribution < -0.4 is 0 Å². The van der Waals surface area contributed by atoms with Crippen molar-refractivity contribution in [3.05, 3.63) is 12.8 Å². The van der Waals surface area contributed by atoms with Crippen LogP contribution in [0.4, 0.5) is 0 Å². The average Bonchev–Trinajstić information content (AvgIpc) is 1.84. The lowest BCUT2D eigenvalue weighted by molar-refractivity contribution is 0.228. The van der Waals surface area contributed by atoms with Gasteiger partial charge in [-0.25, -0.2) is 0 Å². The highest BCUT2D eigenvalue weighted by Gasteiger charge is 2.17. The summed E-state index contributed by atoms with van der Waals surface area (Å²) in [5, 5.41) is 0. The largest absolute Gasteiger partial charge is 0.502 e. The third-order valence-corrected chi connectivity index (χ3v) is 2.49. The van der Waals surface area contributed by atoms with Crippen molar-refractivity contribution in [2.24, 2.45) is 5.92 Å². The normalized spacial score (nSPS) is 13.9. The van der Waals surface area contributed by atoms with Crippen molar-refractivity contribution < 1.29 is 19.1 Å². The molecule has 5 heteroatoms. The van der Waals surface area contributed by atoms with Crippen LogP contribution in [0.15, 0.2) is 12.8 Å². The zero-order valence-electron chi connectivity index (χ0n) is 7.14. The second kappa shape index (κ2) is 5.36. The maximum atomic E-state index is 10.5. The van der Waals surface area contributed by atoms with Crippen LogP contribution in [0.2, 0.25) is 0 Å². The van der Waals surface area contributed by atoms with Gasteiger partial charge in [0, 0.05) is 0 Å². The Morgan fingerprint density at radius 1 is 1.67 bits per heavy atom. The second-order valence-electron chi connectivity index (χ2n) is 2.78. The van der Waals surface area contributed by atoms with Crippen LogP contribution in [0.1, 0.15) is 13.3 Å². The molecule has 0 aromatic rings. The molecule has 0 aromatic heterocycles. The van der Waals surface area contributed by atoms with E-state index < -0.39 is 7.60 Å². The van der Waals surface area contributed by atoms with Crippen molar-refractivity contribution in [2.75, 3.05) is 12.8 Å². The lowest BCUT2D eigenvalue weighted by Gasteiger charge is -2.11. The first-order valence-corrected chi connectivity index (χ1v) is 5.52. The molecule has 0 amide bonds. The summed E-state index contributed by atoms with van der Waals surface area (Å²) >= 11 is 0. The molecule has 72 valence electrons. The number of rotatable bonds is 6. The van der Waals surface area contributed by atoms with Crippen molar-refractivity contribution in [2.45, 2.75) is 13.3 Å². The van der Waals surface area contributed by atoms with Gasteiger partial charge in [0.1, 0.15) is 0 Å². The summed E-state index contributed by atoms with van der Waals surface area (Å²) in [5.74, 6) is -0.0224. The van der Waals surface area contributed by atoms with Gasteiger partial charge in [0.05, 0.1) is 19.0 Å². The Balaban J connectivity index is 3.53. The van der Waals surface area contributed by atoms with Gasteiger partial charge >= 0.3 is 7.60 Å². The molecule has 2 N–H and O–H groups in total. The predicted octanol–water partition coefficient (Wildman–Crippen LogP) is 1.35. The Morgan fingerprint density at radius 2 is 2.25 bits per heavy atom. The summed E-state index contributed by atoms with van der Waals surface area (Å²) < 4.78 is 15.3. The molecule has 4 nitrogen and oxygen atoms in total. The number of ether oxygens (including phenoxy) is 1. The monoisotopic (exact) mass is 194 g/mol. The molecule has 0 rings (SSSR count). The Bertz CT molecular complexity index is 174. The van der Waals surface area contributed by atoms with Gasteiger partial charge in [-0.15, -0.1) is 0 Å². The van der Waals surface area contributed by atoms with E-state index >= 15 is 0 Å². The van der Waals surface area contributed by atoms with Gasteiger partial charge in [0.25, 0.3) is 0 Å². The molecule has 0 fully saturated rings. The third kappa shape index (κ3) is 7.79. The van der Waals surface area contributed by atoms with Crippen LogP contribution in [0.25, 0.3) is 0 Å². The summed E-state index contributed by atoms with van der Waals surface area (Å²) in [6.07, 6.45) is 1.88.